The van der Waals surface area contributed by atoms with Crippen molar-refractivity contribution in [3.05, 3.63) is 21.3 Å². The third-order valence-corrected chi connectivity index (χ3v) is 2.90. The summed E-state index contributed by atoms with van der Waals surface area (Å²) in [7, 11) is 0. The molecule has 0 spiro atoms. The number of hydrogen-bond acceptors (Lipinski definition) is 2. The third kappa shape index (κ3) is 2.04. The normalized spacial score (nSPS) is 11.8. The fourth-order valence-electron chi connectivity index (χ4n) is 0.901. The van der Waals surface area contributed by atoms with Crippen LogP contribution in [0.1, 0.15) is 29.7 Å². The first-order chi connectivity index (χ1) is 6.36. The number of nitrogens with zero attached hydrogens (tertiary/aromatic N) is 2. The van der Waals surface area contributed by atoms with Gasteiger partial charge in [0.1, 0.15) is 0 Å². The van der Waals surface area contributed by atoms with Crippen LogP contribution >= 0.6 is 11.3 Å². The van der Waals surface area contributed by atoms with Gasteiger partial charge in [-0.1, -0.05) is 20.4 Å². The predicted octanol–water partition coefficient (Wildman–Crippen LogP) is 3.84. The average molecular weight is 220 g/mol. The molecule has 0 aromatic carbocycles. The zero-order valence-electron chi connectivity index (χ0n) is 7.51. The van der Waals surface area contributed by atoms with E-state index in [0.29, 0.717) is 16.2 Å². The van der Waals surface area contributed by atoms with Gasteiger partial charge >= 0.3 is 6.18 Å². The maximum atomic E-state index is 12.2. The van der Waals surface area contributed by atoms with E-state index in [1.165, 1.54) is 0 Å². The Bertz CT molecular complexity index is 373. The predicted molar refractivity (Wildman–Crippen MR) is 47.5 cm³/mol. The highest BCUT2D eigenvalue weighted by atomic mass is 32.1. The van der Waals surface area contributed by atoms with Crippen molar-refractivity contribution < 1.29 is 13.2 Å². The molecule has 1 aromatic rings. The molecule has 1 aromatic heterocycles. The van der Waals surface area contributed by atoms with E-state index in [1.807, 2.05) is 0 Å². The Labute approximate surface area is 83.2 Å². The van der Waals surface area contributed by atoms with Gasteiger partial charge in [-0.25, -0.2) is 0 Å². The highest BCUT2D eigenvalue weighted by molar-refractivity contribution is 7.12. The molecule has 0 N–H and O–H groups in total. The number of aromatic nitrogens is 1. The highest BCUT2D eigenvalue weighted by Gasteiger charge is 2.39. The molecular weight excluding hydrogens is 213 g/mol. The van der Waals surface area contributed by atoms with E-state index in [1.54, 1.807) is 13.8 Å². The van der Waals surface area contributed by atoms with Gasteiger partial charge in [-0.3, -0.25) is 0 Å². The second-order valence-corrected chi connectivity index (χ2v) is 4.00. The first-order valence-corrected chi connectivity index (χ1v) is 4.63. The molecule has 0 amide bonds. The smallest absolute Gasteiger partial charge is 0.360 e. The number of halogens is 3. The molecule has 0 unspecified atom stereocenters. The van der Waals surface area contributed by atoms with E-state index in [9.17, 15) is 13.2 Å². The van der Waals surface area contributed by atoms with Crippen LogP contribution in [0.3, 0.4) is 0 Å². The van der Waals surface area contributed by atoms with Gasteiger partial charge in [-0.2, -0.15) is 13.2 Å². The van der Waals surface area contributed by atoms with E-state index >= 15 is 0 Å². The second-order valence-electron chi connectivity index (χ2n) is 2.97. The van der Waals surface area contributed by atoms with E-state index in [-0.39, 0.29) is 11.7 Å². The standard InChI is InChI=1S/C8H7F3N2S/c1-4(2)5-6(12-3)13-7(14-5)8(9,10)11/h4H,1-2H3. The summed E-state index contributed by atoms with van der Waals surface area (Å²) in [6, 6.07) is 0. The molecule has 0 radical (unpaired) electrons. The van der Waals surface area contributed by atoms with Crippen molar-refractivity contribution in [3.8, 4) is 0 Å². The van der Waals surface area contributed by atoms with Gasteiger partial charge in [0.2, 0.25) is 0 Å². The van der Waals surface area contributed by atoms with E-state index in [4.69, 9.17) is 6.57 Å². The average Bonchev–Trinajstić information content (AvgIpc) is 2.45. The van der Waals surface area contributed by atoms with Crippen molar-refractivity contribution in [2.24, 2.45) is 0 Å². The second kappa shape index (κ2) is 3.58. The molecule has 1 rings (SSSR count). The third-order valence-electron chi connectivity index (χ3n) is 1.51. The lowest BCUT2D eigenvalue weighted by Crippen LogP contribution is -2.03. The van der Waals surface area contributed by atoms with Crippen LogP contribution < -0.4 is 0 Å². The van der Waals surface area contributed by atoms with Gasteiger partial charge in [0.05, 0.1) is 0 Å². The highest BCUT2D eigenvalue weighted by Crippen LogP contribution is 2.39. The Hall–Kier alpha value is -1.09. The van der Waals surface area contributed by atoms with Crippen LogP contribution in [-0.2, 0) is 6.18 Å². The van der Waals surface area contributed by atoms with Crippen molar-refractivity contribution in [3.63, 3.8) is 0 Å². The first-order valence-electron chi connectivity index (χ1n) is 3.81. The van der Waals surface area contributed by atoms with Crippen LogP contribution in [0.4, 0.5) is 19.0 Å². The molecule has 0 saturated carbocycles. The maximum absolute atomic E-state index is 12.2. The minimum absolute atomic E-state index is 0.104. The topological polar surface area (TPSA) is 17.2 Å². The molecule has 0 saturated heterocycles. The summed E-state index contributed by atoms with van der Waals surface area (Å²) in [5, 5.41) is -0.938. The van der Waals surface area contributed by atoms with Crippen LogP contribution in [-0.4, -0.2) is 4.98 Å². The number of alkyl halides is 3. The van der Waals surface area contributed by atoms with Crippen LogP contribution in [0.2, 0.25) is 0 Å². The van der Waals surface area contributed by atoms with Crippen LogP contribution in [0, 0.1) is 6.57 Å². The number of thiazole rings is 1. The molecule has 14 heavy (non-hydrogen) atoms. The SMILES string of the molecule is [C-]#[N+]c1nc(C(F)(F)F)sc1C(C)C. The molecule has 1 heterocycles. The van der Waals surface area contributed by atoms with Crippen molar-refractivity contribution in [1.82, 2.24) is 4.98 Å². The van der Waals surface area contributed by atoms with Crippen molar-refractivity contribution >= 4 is 17.2 Å². The summed E-state index contributed by atoms with van der Waals surface area (Å²) in [5.74, 6) is -0.231. The lowest BCUT2D eigenvalue weighted by atomic mass is 10.2. The van der Waals surface area contributed by atoms with Crippen LogP contribution in [0.15, 0.2) is 0 Å². The molecule has 0 aliphatic carbocycles. The molecule has 0 aliphatic rings. The minimum Gasteiger partial charge on any atom is -0.360 e. The monoisotopic (exact) mass is 220 g/mol. The molecule has 2 nitrogen and oxygen atoms in total. The molecule has 6 heteroatoms. The molecule has 0 fully saturated rings. The zero-order chi connectivity index (χ0) is 10.9. The van der Waals surface area contributed by atoms with Gasteiger partial charge in [0.15, 0.2) is 0 Å². The van der Waals surface area contributed by atoms with Gasteiger partial charge in [-0.05, 0) is 5.92 Å². The van der Waals surface area contributed by atoms with E-state index in [0.717, 1.165) is 0 Å². The summed E-state index contributed by atoms with van der Waals surface area (Å²) in [4.78, 5) is 6.63. The first kappa shape index (κ1) is 11.0. The van der Waals surface area contributed by atoms with Gasteiger partial charge in [0, 0.05) is 4.88 Å². The Kier molecular flexibility index (Phi) is 2.81. The van der Waals surface area contributed by atoms with Crippen molar-refractivity contribution in [1.29, 1.82) is 0 Å². The Morgan fingerprint density at radius 2 is 2.00 bits per heavy atom. The van der Waals surface area contributed by atoms with Crippen molar-refractivity contribution in [2.45, 2.75) is 25.9 Å². The largest absolute Gasteiger partial charge is 0.466 e. The Morgan fingerprint density at radius 1 is 1.43 bits per heavy atom. The summed E-state index contributed by atoms with van der Waals surface area (Å²) >= 11 is 0.549. The lowest BCUT2D eigenvalue weighted by Gasteiger charge is -1.99. The van der Waals surface area contributed by atoms with Gasteiger partial charge in [-0.15, -0.1) is 16.3 Å². The Morgan fingerprint density at radius 3 is 2.29 bits per heavy atom. The molecule has 0 bridgehead atoms. The van der Waals surface area contributed by atoms with Gasteiger partial charge < -0.3 is 4.85 Å². The summed E-state index contributed by atoms with van der Waals surface area (Å²) in [5.41, 5.74) is 0. The quantitative estimate of drug-likeness (QED) is 0.657. The Balaban J connectivity index is 3.22. The number of rotatable bonds is 1. The minimum atomic E-state index is -4.45. The fourth-order valence-corrected chi connectivity index (χ4v) is 1.78. The zero-order valence-corrected chi connectivity index (χ0v) is 8.33. The summed E-state index contributed by atoms with van der Waals surface area (Å²) in [6.07, 6.45) is -4.45. The van der Waals surface area contributed by atoms with Crippen LogP contribution in [0.5, 0.6) is 0 Å². The van der Waals surface area contributed by atoms with E-state index < -0.39 is 11.2 Å². The molecule has 76 valence electrons. The van der Waals surface area contributed by atoms with E-state index in [2.05, 4.69) is 9.83 Å². The van der Waals surface area contributed by atoms with Crippen LogP contribution in [0.25, 0.3) is 4.85 Å². The number of hydrogen-bond donors (Lipinski definition) is 0. The molecule has 0 atom stereocenters. The molecule has 0 aliphatic heterocycles. The summed E-state index contributed by atoms with van der Waals surface area (Å²) < 4.78 is 36.7. The maximum Gasteiger partial charge on any atom is 0.466 e. The summed E-state index contributed by atoms with van der Waals surface area (Å²) in [6.45, 7) is 10.2. The fraction of sp³-hybridized carbons (Fsp3) is 0.500. The van der Waals surface area contributed by atoms with Crippen molar-refractivity contribution in [2.75, 3.05) is 0 Å². The van der Waals surface area contributed by atoms with Gasteiger partial charge in [0.25, 0.3) is 10.8 Å². The molecular formula is C8H7F3N2S. The lowest BCUT2D eigenvalue weighted by molar-refractivity contribution is -0.137.